The molecule has 1 aliphatic heterocycles. The topological polar surface area (TPSA) is 54.8 Å². The molecule has 0 N–H and O–H groups in total. The molecule has 0 amide bonds. The van der Waals surface area contributed by atoms with Gasteiger partial charge in [0.2, 0.25) is 0 Å². The normalized spacial score (nSPS) is 17.2. The van der Waals surface area contributed by atoms with Crippen molar-refractivity contribution in [2.24, 2.45) is 0 Å². The smallest absolute Gasteiger partial charge is 0.169 e. The summed E-state index contributed by atoms with van der Waals surface area (Å²) < 4.78 is 3.92. The quantitative estimate of drug-likeness (QED) is 0.730. The molecule has 15 heavy (non-hydrogen) atoms. The first-order valence-electron chi connectivity index (χ1n) is 5.13. The van der Waals surface area contributed by atoms with Gasteiger partial charge in [-0.1, -0.05) is 4.49 Å². The van der Waals surface area contributed by atoms with E-state index in [1.54, 1.807) is 6.33 Å². The molecule has 3 rings (SSSR count). The lowest BCUT2D eigenvalue weighted by atomic mass is 10.1. The van der Waals surface area contributed by atoms with Gasteiger partial charge >= 0.3 is 0 Å². The maximum absolute atomic E-state index is 4.32. The van der Waals surface area contributed by atoms with Gasteiger partial charge in [-0.05, 0) is 19.3 Å². The third-order valence-corrected chi connectivity index (χ3v) is 3.33. The molecule has 5 nitrogen and oxygen atoms in total. The Hall–Kier alpha value is -1.30. The van der Waals surface area contributed by atoms with Crippen LogP contribution in [0.5, 0.6) is 0 Å². The van der Waals surface area contributed by atoms with Crippen molar-refractivity contribution in [2.45, 2.75) is 19.3 Å². The molecule has 3 heterocycles. The Balaban J connectivity index is 2.05. The fourth-order valence-electron chi connectivity index (χ4n) is 1.95. The fourth-order valence-corrected chi connectivity index (χ4v) is 2.46. The third kappa shape index (κ3) is 1.54. The highest BCUT2D eigenvalue weighted by Crippen LogP contribution is 2.24. The average Bonchev–Trinajstić information content (AvgIpc) is 2.78. The van der Waals surface area contributed by atoms with Gasteiger partial charge in [-0.2, -0.15) is 0 Å². The van der Waals surface area contributed by atoms with Crippen molar-refractivity contribution in [3.63, 3.8) is 0 Å². The Morgan fingerprint density at radius 3 is 2.87 bits per heavy atom. The SMILES string of the molecule is c1nc(N2CCCCC2)c2nnsc2n1. The lowest BCUT2D eigenvalue weighted by Crippen LogP contribution is -2.30. The lowest BCUT2D eigenvalue weighted by Gasteiger charge is -2.27. The molecule has 78 valence electrons. The summed E-state index contributed by atoms with van der Waals surface area (Å²) in [5, 5.41) is 4.10. The summed E-state index contributed by atoms with van der Waals surface area (Å²) in [6.45, 7) is 2.15. The number of anilines is 1. The first kappa shape index (κ1) is 8.96. The minimum absolute atomic E-state index is 0.851. The van der Waals surface area contributed by atoms with E-state index in [0.29, 0.717) is 0 Å². The molecule has 6 heteroatoms. The van der Waals surface area contributed by atoms with Crippen LogP contribution in [0.25, 0.3) is 10.3 Å². The van der Waals surface area contributed by atoms with E-state index in [1.165, 1.54) is 30.8 Å². The lowest BCUT2D eigenvalue weighted by molar-refractivity contribution is 0.574. The number of fused-ring (bicyclic) bond motifs is 1. The molecule has 0 radical (unpaired) electrons. The average molecular weight is 221 g/mol. The van der Waals surface area contributed by atoms with Gasteiger partial charge in [0.1, 0.15) is 6.33 Å². The predicted molar refractivity (Wildman–Crippen MR) is 59.1 cm³/mol. The van der Waals surface area contributed by atoms with E-state index in [0.717, 1.165) is 29.3 Å². The predicted octanol–water partition coefficient (Wildman–Crippen LogP) is 1.47. The van der Waals surface area contributed by atoms with Crippen LogP contribution < -0.4 is 4.90 Å². The van der Waals surface area contributed by atoms with Crippen LogP contribution in [-0.2, 0) is 0 Å². The second kappa shape index (κ2) is 3.69. The maximum Gasteiger partial charge on any atom is 0.169 e. The molecule has 0 spiro atoms. The van der Waals surface area contributed by atoms with E-state index < -0.39 is 0 Å². The van der Waals surface area contributed by atoms with Crippen molar-refractivity contribution in [2.75, 3.05) is 18.0 Å². The maximum atomic E-state index is 4.32. The van der Waals surface area contributed by atoms with Crippen LogP contribution in [0.4, 0.5) is 5.82 Å². The third-order valence-electron chi connectivity index (χ3n) is 2.69. The number of aromatic nitrogens is 4. The Bertz CT molecular complexity index is 462. The summed E-state index contributed by atoms with van der Waals surface area (Å²) in [5.74, 6) is 0.952. The zero-order valence-corrected chi connectivity index (χ0v) is 9.07. The van der Waals surface area contributed by atoms with E-state index in [-0.39, 0.29) is 0 Å². The van der Waals surface area contributed by atoms with E-state index in [1.807, 2.05) is 0 Å². The van der Waals surface area contributed by atoms with Crippen molar-refractivity contribution < 1.29 is 0 Å². The van der Waals surface area contributed by atoms with E-state index >= 15 is 0 Å². The summed E-state index contributed by atoms with van der Waals surface area (Å²) in [6.07, 6.45) is 5.40. The number of hydrogen-bond acceptors (Lipinski definition) is 6. The first-order valence-corrected chi connectivity index (χ1v) is 5.90. The summed E-state index contributed by atoms with van der Waals surface area (Å²) in [6, 6.07) is 0. The number of rotatable bonds is 1. The van der Waals surface area contributed by atoms with Gasteiger partial charge in [0.15, 0.2) is 16.2 Å². The molecule has 1 aliphatic rings. The molecule has 2 aromatic rings. The van der Waals surface area contributed by atoms with Crippen LogP contribution in [0.15, 0.2) is 6.33 Å². The molecular formula is C9H11N5S. The zero-order valence-electron chi connectivity index (χ0n) is 8.26. The standard InChI is InChI=1S/C9H11N5S/c1-2-4-14(5-3-1)8-7-9(11-6-10-8)15-13-12-7/h6H,1-5H2. The van der Waals surface area contributed by atoms with Gasteiger partial charge < -0.3 is 4.90 Å². The van der Waals surface area contributed by atoms with Crippen molar-refractivity contribution >= 4 is 27.7 Å². The number of piperidine rings is 1. The Morgan fingerprint density at radius 2 is 2.00 bits per heavy atom. The molecular weight excluding hydrogens is 210 g/mol. The summed E-state index contributed by atoms with van der Waals surface area (Å²) in [7, 11) is 0. The minimum atomic E-state index is 0.851. The molecule has 1 fully saturated rings. The van der Waals surface area contributed by atoms with Gasteiger partial charge in [-0.15, -0.1) is 5.10 Å². The van der Waals surface area contributed by atoms with Crippen LogP contribution in [0, 0.1) is 0 Å². The zero-order chi connectivity index (χ0) is 10.1. The monoisotopic (exact) mass is 221 g/mol. The van der Waals surface area contributed by atoms with Crippen LogP contribution in [0.1, 0.15) is 19.3 Å². The van der Waals surface area contributed by atoms with Crippen LogP contribution in [0.2, 0.25) is 0 Å². The molecule has 2 aromatic heterocycles. The fraction of sp³-hybridized carbons (Fsp3) is 0.556. The van der Waals surface area contributed by atoms with Gasteiger partial charge in [-0.25, -0.2) is 9.97 Å². The van der Waals surface area contributed by atoms with Crippen LogP contribution >= 0.6 is 11.5 Å². The highest BCUT2D eigenvalue weighted by atomic mass is 32.1. The second-order valence-corrected chi connectivity index (χ2v) is 4.40. The first-order chi connectivity index (χ1) is 7.45. The van der Waals surface area contributed by atoms with Gasteiger partial charge in [0.05, 0.1) is 0 Å². The molecule has 0 atom stereocenters. The molecule has 1 saturated heterocycles. The summed E-state index contributed by atoms with van der Waals surface area (Å²) >= 11 is 1.33. The number of nitrogens with zero attached hydrogens (tertiary/aromatic N) is 5. The van der Waals surface area contributed by atoms with Crippen LogP contribution in [-0.4, -0.2) is 32.6 Å². The van der Waals surface area contributed by atoms with E-state index in [9.17, 15) is 0 Å². The molecule has 0 saturated carbocycles. The van der Waals surface area contributed by atoms with Gasteiger partial charge in [0, 0.05) is 24.6 Å². The summed E-state index contributed by atoms with van der Waals surface area (Å²) in [5.41, 5.74) is 0.851. The van der Waals surface area contributed by atoms with Gasteiger partial charge in [0.25, 0.3) is 0 Å². The van der Waals surface area contributed by atoms with Crippen molar-refractivity contribution in [1.82, 2.24) is 19.6 Å². The van der Waals surface area contributed by atoms with Crippen molar-refractivity contribution in [1.29, 1.82) is 0 Å². The van der Waals surface area contributed by atoms with E-state index in [2.05, 4.69) is 24.5 Å². The van der Waals surface area contributed by atoms with Crippen molar-refractivity contribution in [3.05, 3.63) is 6.33 Å². The number of hydrogen-bond donors (Lipinski definition) is 0. The largest absolute Gasteiger partial charge is 0.355 e. The molecule has 0 bridgehead atoms. The molecule has 0 aromatic carbocycles. The Morgan fingerprint density at radius 1 is 1.13 bits per heavy atom. The van der Waals surface area contributed by atoms with Gasteiger partial charge in [-0.3, -0.25) is 0 Å². The highest BCUT2D eigenvalue weighted by Gasteiger charge is 2.16. The molecule has 0 aliphatic carbocycles. The highest BCUT2D eigenvalue weighted by molar-refractivity contribution is 7.12. The second-order valence-electron chi connectivity index (χ2n) is 3.67. The van der Waals surface area contributed by atoms with Crippen LogP contribution in [0.3, 0.4) is 0 Å². The Labute approximate surface area is 91.3 Å². The van der Waals surface area contributed by atoms with E-state index in [4.69, 9.17) is 0 Å². The molecule has 0 unspecified atom stereocenters. The minimum Gasteiger partial charge on any atom is -0.355 e. The summed E-state index contributed by atoms with van der Waals surface area (Å²) in [4.78, 5) is 11.6. The Kier molecular flexibility index (Phi) is 2.21. The van der Waals surface area contributed by atoms with Crippen molar-refractivity contribution in [3.8, 4) is 0 Å².